The van der Waals surface area contributed by atoms with Gasteiger partial charge in [-0.15, -0.1) is 0 Å². The molecule has 1 rings (SSSR count). The third-order valence-electron chi connectivity index (χ3n) is 3.77. The summed E-state index contributed by atoms with van der Waals surface area (Å²) in [6.45, 7) is 2.15. The number of benzene rings is 1. The lowest BCUT2D eigenvalue weighted by Gasteiger charge is -2.02. The maximum atomic E-state index is 9.43. The van der Waals surface area contributed by atoms with Crippen molar-refractivity contribution < 1.29 is 10.2 Å². The number of unbranched alkanes of at least 4 members (excludes halogenated alkanes) is 2. The lowest BCUT2D eigenvalue weighted by atomic mass is 10.1. The smallest absolute Gasteiger partial charge is 0.119 e. The zero-order chi connectivity index (χ0) is 18.2. The molecule has 0 aliphatic carbocycles. The van der Waals surface area contributed by atoms with Gasteiger partial charge in [0.1, 0.15) is 11.5 Å². The van der Waals surface area contributed by atoms with Gasteiger partial charge in [-0.25, -0.2) is 0 Å². The average Bonchev–Trinajstić information content (AvgIpc) is 2.57. The quantitative estimate of drug-likeness (QED) is 0.332. The summed E-state index contributed by atoms with van der Waals surface area (Å²) >= 11 is 0. The molecule has 2 nitrogen and oxygen atoms in total. The van der Waals surface area contributed by atoms with Gasteiger partial charge in [-0.2, -0.15) is 0 Å². The summed E-state index contributed by atoms with van der Waals surface area (Å²) in [5.41, 5.74) is 0.989. The van der Waals surface area contributed by atoms with Gasteiger partial charge < -0.3 is 10.2 Å². The van der Waals surface area contributed by atoms with E-state index in [-0.39, 0.29) is 11.5 Å². The molecule has 0 heterocycles. The minimum atomic E-state index is 0.133. The highest BCUT2D eigenvalue weighted by Crippen LogP contribution is 2.21. The van der Waals surface area contributed by atoms with E-state index in [0.717, 1.165) is 56.9 Å². The first kappa shape index (κ1) is 20.8. The van der Waals surface area contributed by atoms with Crippen molar-refractivity contribution >= 4 is 0 Å². The van der Waals surface area contributed by atoms with Gasteiger partial charge in [-0.3, -0.25) is 0 Å². The molecule has 0 fully saturated rings. The Bertz CT molecular complexity index is 560. The molecular weight excluding hydrogens is 308 g/mol. The van der Waals surface area contributed by atoms with Crippen molar-refractivity contribution in [1.82, 2.24) is 0 Å². The van der Waals surface area contributed by atoms with Crippen molar-refractivity contribution in [2.24, 2.45) is 0 Å². The second-order valence-corrected chi connectivity index (χ2v) is 6.10. The summed E-state index contributed by atoms with van der Waals surface area (Å²) in [6.07, 6.45) is 25.9. The molecule has 25 heavy (non-hydrogen) atoms. The van der Waals surface area contributed by atoms with Gasteiger partial charge in [0.25, 0.3) is 0 Å². The molecule has 0 radical (unpaired) electrons. The highest BCUT2D eigenvalue weighted by molar-refractivity contribution is 5.36. The van der Waals surface area contributed by atoms with E-state index >= 15 is 0 Å². The molecule has 0 aliphatic heterocycles. The minimum Gasteiger partial charge on any atom is -0.508 e. The van der Waals surface area contributed by atoms with Crippen LogP contribution in [0.1, 0.15) is 57.4 Å². The number of hydrogen-bond donors (Lipinski definition) is 2. The Morgan fingerprint density at radius 3 is 1.76 bits per heavy atom. The van der Waals surface area contributed by atoms with Crippen molar-refractivity contribution in [1.29, 1.82) is 0 Å². The number of aryl methyl sites for hydroxylation is 1. The zero-order valence-electron chi connectivity index (χ0n) is 15.4. The Hall–Kier alpha value is -2.22. The Morgan fingerprint density at radius 2 is 1.20 bits per heavy atom. The van der Waals surface area contributed by atoms with Crippen LogP contribution in [0.2, 0.25) is 0 Å². The van der Waals surface area contributed by atoms with Gasteiger partial charge >= 0.3 is 0 Å². The average molecular weight is 341 g/mol. The van der Waals surface area contributed by atoms with Crippen LogP contribution in [0.15, 0.2) is 66.8 Å². The lowest BCUT2D eigenvalue weighted by molar-refractivity contribution is 0.449. The van der Waals surface area contributed by atoms with E-state index in [1.165, 1.54) is 6.07 Å². The van der Waals surface area contributed by atoms with Crippen molar-refractivity contribution in [3.63, 3.8) is 0 Å². The highest BCUT2D eigenvalue weighted by atomic mass is 16.3. The van der Waals surface area contributed by atoms with Crippen LogP contribution in [0.25, 0.3) is 0 Å². The standard InChI is InChI=1S/C23H32O2/c1-2-3-4-5-6-7-8-9-10-11-12-13-14-15-16-17-21-18-22(24)20-23(25)19-21/h3-4,6-7,9-10,12-13,18-20,24-25H,2,5,8,11,14-17H2,1H3. The Labute approximate surface area is 152 Å². The molecule has 0 saturated carbocycles. The summed E-state index contributed by atoms with van der Waals surface area (Å²) in [4.78, 5) is 0. The second-order valence-electron chi connectivity index (χ2n) is 6.10. The fourth-order valence-corrected chi connectivity index (χ4v) is 2.49. The molecule has 1 aromatic rings. The molecule has 0 aromatic heterocycles. The van der Waals surface area contributed by atoms with E-state index < -0.39 is 0 Å². The third kappa shape index (κ3) is 11.9. The fraction of sp³-hybridized carbons (Fsp3) is 0.391. The SMILES string of the molecule is CCC=CCC=CCC=CCC=CCCCCc1cc(O)cc(O)c1. The van der Waals surface area contributed by atoms with E-state index in [2.05, 4.69) is 55.5 Å². The van der Waals surface area contributed by atoms with Crippen LogP contribution < -0.4 is 0 Å². The Kier molecular flexibility index (Phi) is 11.8. The Balaban J connectivity index is 2.03. The van der Waals surface area contributed by atoms with Gasteiger partial charge in [0.2, 0.25) is 0 Å². The molecule has 0 bridgehead atoms. The molecule has 2 heteroatoms. The summed E-state index contributed by atoms with van der Waals surface area (Å²) in [5, 5.41) is 18.9. The van der Waals surface area contributed by atoms with Crippen LogP contribution in [-0.4, -0.2) is 10.2 Å². The van der Waals surface area contributed by atoms with E-state index in [1.807, 2.05) is 0 Å². The number of hydrogen-bond acceptors (Lipinski definition) is 2. The van der Waals surface area contributed by atoms with Gasteiger partial charge in [0.15, 0.2) is 0 Å². The van der Waals surface area contributed by atoms with Crippen LogP contribution in [-0.2, 0) is 6.42 Å². The second kappa shape index (κ2) is 14.2. The van der Waals surface area contributed by atoms with Gasteiger partial charge in [-0.05, 0) is 69.1 Å². The first-order valence-electron chi connectivity index (χ1n) is 9.34. The van der Waals surface area contributed by atoms with Crippen molar-refractivity contribution in [3.05, 3.63) is 72.4 Å². The molecule has 136 valence electrons. The van der Waals surface area contributed by atoms with Crippen molar-refractivity contribution in [3.8, 4) is 11.5 Å². The summed E-state index contributed by atoms with van der Waals surface area (Å²) in [6, 6.07) is 4.79. The zero-order valence-corrected chi connectivity index (χ0v) is 15.4. The normalized spacial score (nSPS) is 12.4. The summed E-state index contributed by atoms with van der Waals surface area (Å²) in [7, 11) is 0. The topological polar surface area (TPSA) is 40.5 Å². The van der Waals surface area contributed by atoms with Gasteiger partial charge in [-0.1, -0.05) is 55.5 Å². The molecule has 2 N–H and O–H groups in total. The van der Waals surface area contributed by atoms with E-state index in [0.29, 0.717) is 0 Å². The minimum absolute atomic E-state index is 0.133. The third-order valence-corrected chi connectivity index (χ3v) is 3.77. The number of phenols is 2. The number of aromatic hydroxyl groups is 2. The largest absolute Gasteiger partial charge is 0.508 e. The van der Waals surface area contributed by atoms with Crippen LogP contribution in [0, 0.1) is 0 Å². The van der Waals surface area contributed by atoms with Gasteiger partial charge in [0, 0.05) is 6.07 Å². The number of phenolic OH excluding ortho intramolecular Hbond substituents is 2. The maximum absolute atomic E-state index is 9.43. The van der Waals surface area contributed by atoms with Crippen LogP contribution in [0.4, 0.5) is 0 Å². The van der Waals surface area contributed by atoms with E-state index in [1.54, 1.807) is 12.1 Å². The molecule has 0 atom stereocenters. The molecular formula is C23H32O2. The maximum Gasteiger partial charge on any atom is 0.119 e. The predicted octanol–water partition coefficient (Wildman–Crippen LogP) is 6.62. The molecule has 0 unspecified atom stereocenters. The van der Waals surface area contributed by atoms with Gasteiger partial charge in [0.05, 0.1) is 0 Å². The van der Waals surface area contributed by atoms with Crippen LogP contribution in [0.3, 0.4) is 0 Å². The van der Waals surface area contributed by atoms with Crippen LogP contribution >= 0.6 is 0 Å². The fourth-order valence-electron chi connectivity index (χ4n) is 2.49. The van der Waals surface area contributed by atoms with Crippen molar-refractivity contribution in [2.45, 2.75) is 58.3 Å². The summed E-state index contributed by atoms with van der Waals surface area (Å²) in [5.74, 6) is 0.267. The Morgan fingerprint density at radius 1 is 0.680 bits per heavy atom. The highest BCUT2D eigenvalue weighted by Gasteiger charge is 1.98. The summed E-state index contributed by atoms with van der Waals surface area (Å²) < 4.78 is 0. The molecule has 0 amide bonds. The molecule has 0 saturated heterocycles. The molecule has 0 aliphatic rings. The van der Waals surface area contributed by atoms with E-state index in [9.17, 15) is 10.2 Å². The van der Waals surface area contributed by atoms with E-state index in [4.69, 9.17) is 0 Å². The predicted molar refractivity (Wildman–Crippen MR) is 108 cm³/mol. The monoisotopic (exact) mass is 340 g/mol. The first-order valence-corrected chi connectivity index (χ1v) is 9.34. The number of rotatable bonds is 12. The van der Waals surface area contributed by atoms with Crippen molar-refractivity contribution in [2.75, 3.05) is 0 Å². The van der Waals surface area contributed by atoms with Crippen LogP contribution in [0.5, 0.6) is 11.5 Å². The first-order chi connectivity index (χ1) is 12.2. The molecule has 0 spiro atoms. The lowest BCUT2D eigenvalue weighted by Crippen LogP contribution is -1.85. The number of allylic oxidation sites excluding steroid dienone is 8. The molecule has 1 aromatic carbocycles.